The Hall–Kier alpha value is -0.120. The zero-order valence-electron chi connectivity index (χ0n) is 8.46. The standard InChI is InChI=1S/C9H19NO2/c1-9(2)11-7-8(12-9)5-6-10(3)4/h8H,5-7H2,1-4H3. The third-order valence-electron chi connectivity index (χ3n) is 1.97. The van der Waals surface area contributed by atoms with Crippen molar-refractivity contribution in [1.29, 1.82) is 0 Å². The summed E-state index contributed by atoms with van der Waals surface area (Å²) < 4.78 is 11.1. The van der Waals surface area contributed by atoms with Gasteiger partial charge in [-0.25, -0.2) is 0 Å². The largest absolute Gasteiger partial charge is 0.348 e. The summed E-state index contributed by atoms with van der Waals surface area (Å²) >= 11 is 0. The first-order valence-electron chi connectivity index (χ1n) is 4.46. The molecule has 0 spiro atoms. The van der Waals surface area contributed by atoms with E-state index in [9.17, 15) is 0 Å². The van der Waals surface area contributed by atoms with Crippen molar-refractivity contribution >= 4 is 0 Å². The molecule has 1 aliphatic heterocycles. The van der Waals surface area contributed by atoms with E-state index in [0.29, 0.717) is 0 Å². The van der Waals surface area contributed by atoms with Gasteiger partial charge in [-0.3, -0.25) is 0 Å². The molecule has 0 saturated carbocycles. The van der Waals surface area contributed by atoms with E-state index in [1.165, 1.54) is 0 Å². The van der Waals surface area contributed by atoms with Gasteiger partial charge >= 0.3 is 0 Å². The highest BCUT2D eigenvalue weighted by Crippen LogP contribution is 2.23. The maximum Gasteiger partial charge on any atom is 0.163 e. The summed E-state index contributed by atoms with van der Waals surface area (Å²) in [7, 11) is 4.14. The van der Waals surface area contributed by atoms with Crippen LogP contribution in [0.25, 0.3) is 0 Å². The Labute approximate surface area is 74.6 Å². The zero-order valence-corrected chi connectivity index (χ0v) is 8.46. The number of hydrogen-bond donors (Lipinski definition) is 0. The van der Waals surface area contributed by atoms with E-state index in [0.717, 1.165) is 19.6 Å². The van der Waals surface area contributed by atoms with Crippen LogP contribution in [0.4, 0.5) is 0 Å². The van der Waals surface area contributed by atoms with Crippen molar-refractivity contribution in [3.8, 4) is 0 Å². The normalized spacial score (nSPS) is 28.2. The van der Waals surface area contributed by atoms with Gasteiger partial charge in [0.05, 0.1) is 12.7 Å². The highest BCUT2D eigenvalue weighted by molar-refractivity contribution is 4.71. The van der Waals surface area contributed by atoms with E-state index in [1.807, 2.05) is 13.8 Å². The van der Waals surface area contributed by atoms with E-state index < -0.39 is 0 Å². The molecule has 1 fully saturated rings. The van der Waals surface area contributed by atoms with Gasteiger partial charge in [-0.05, 0) is 34.4 Å². The van der Waals surface area contributed by atoms with Crippen molar-refractivity contribution in [3.63, 3.8) is 0 Å². The van der Waals surface area contributed by atoms with Crippen LogP contribution in [0.5, 0.6) is 0 Å². The lowest BCUT2D eigenvalue weighted by Gasteiger charge is -2.18. The highest BCUT2D eigenvalue weighted by atomic mass is 16.7. The lowest BCUT2D eigenvalue weighted by molar-refractivity contribution is -0.139. The molecule has 0 radical (unpaired) electrons. The fraction of sp³-hybridized carbons (Fsp3) is 1.00. The average molecular weight is 173 g/mol. The monoisotopic (exact) mass is 173 g/mol. The predicted octanol–water partition coefficient (Wildman–Crippen LogP) is 1.09. The molecule has 0 aliphatic carbocycles. The van der Waals surface area contributed by atoms with Crippen LogP contribution < -0.4 is 0 Å². The van der Waals surface area contributed by atoms with Crippen LogP contribution in [-0.2, 0) is 9.47 Å². The molecule has 1 rings (SSSR count). The first-order valence-corrected chi connectivity index (χ1v) is 4.46. The van der Waals surface area contributed by atoms with Gasteiger partial charge in [0, 0.05) is 6.54 Å². The summed E-state index contributed by atoms with van der Waals surface area (Å²) in [5.74, 6) is -0.364. The van der Waals surface area contributed by atoms with Crippen LogP contribution in [0.3, 0.4) is 0 Å². The third-order valence-corrected chi connectivity index (χ3v) is 1.97. The predicted molar refractivity (Wildman–Crippen MR) is 48.1 cm³/mol. The van der Waals surface area contributed by atoms with E-state index in [-0.39, 0.29) is 11.9 Å². The van der Waals surface area contributed by atoms with Gasteiger partial charge in [0.1, 0.15) is 0 Å². The minimum atomic E-state index is -0.364. The second-order valence-corrected chi connectivity index (χ2v) is 4.04. The van der Waals surface area contributed by atoms with Crippen LogP contribution in [0.15, 0.2) is 0 Å². The molecule has 1 aliphatic rings. The fourth-order valence-electron chi connectivity index (χ4n) is 1.31. The van der Waals surface area contributed by atoms with Crippen LogP contribution in [0, 0.1) is 0 Å². The van der Waals surface area contributed by atoms with Gasteiger partial charge in [0.2, 0.25) is 0 Å². The van der Waals surface area contributed by atoms with Crippen molar-refractivity contribution in [2.24, 2.45) is 0 Å². The van der Waals surface area contributed by atoms with Crippen molar-refractivity contribution in [2.75, 3.05) is 27.2 Å². The summed E-state index contributed by atoms with van der Waals surface area (Å²) in [4.78, 5) is 2.16. The summed E-state index contributed by atoms with van der Waals surface area (Å²) in [5, 5.41) is 0. The second kappa shape index (κ2) is 3.73. The minimum absolute atomic E-state index is 0.280. The molecule has 0 aromatic rings. The Morgan fingerprint density at radius 2 is 2.08 bits per heavy atom. The molecule has 0 N–H and O–H groups in total. The molecule has 0 aromatic heterocycles. The molecule has 1 unspecified atom stereocenters. The molecule has 12 heavy (non-hydrogen) atoms. The Bertz CT molecular complexity index is 145. The first-order chi connectivity index (χ1) is 5.49. The molecular weight excluding hydrogens is 154 g/mol. The lowest BCUT2D eigenvalue weighted by atomic mass is 10.2. The second-order valence-electron chi connectivity index (χ2n) is 4.04. The maximum absolute atomic E-state index is 5.65. The van der Waals surface area contributed by atoms with Gasteiger partial charge in [-0.2, -0.15) is 0 Å². The van der Waals surface area contributed by atoms with E-state index in [1.54, 1.807) is 0 Å². The van der Waals surface area contributed by atoms with Crippen molar-refractivity contribution in [1.82, 2.24) is 4.90 Å². The summed E-state index contributed by atoms with van der Waals surface area (Å²) in [6, 6.07) is 0. The van der Waals surface area contributed by atoms with Crippen molar-refractivity contribution in [2.45, 2.75) is 32.2 Å². The van der Waals surface area contributed by atoms with Crippen LogP contribution in [0.2, 0.25) is 0 Å². The lowest BCUT2D eigenvalue weighted by Crippen LogP contribution is -2.24. The van der Waals surface area contributed by atoms with Gasteiger partial charge < -0.3 is 14.4 Å². The van der Waals surface area contributed by atoms with Crippen molar-refractivity contribution in [3.05, 3.63) is 0 Å². The molecule has 1 heterocycles. The minimum Gasteiger partial charge on any atom is -0.348 e. The molecular formula is C9H19NO2. The SMILES string of the molecule is CN(C)CCC1COC(C)(C)O1. The number of nitrogens with zero attached hydrogens (tertiary/aromatic N) is 1. The highest BCUT2D eigenvalue weighted by Gasteiger charge is 2.32. The molecule has 0 bridgehead atoms. The van der Waals surface area contributed by atoms with E-state index in [4.69, 9.17) is 9.47 Å². The zero-order chi connectivity index (χ0) is 9.19. The van der Waals surface area contributed by atoms with E-state index in [2.05, 4.69) is 19.0 Å². The summed E-state index contributed by atoms with van der Waals surface area (Å²) in [6.07, 6.45) is 1.33. The van der Waals surface area contributed by atoms with Crippen molar-refractivity contribution < 1.29 is 9.47 Å². The van der Waals surface area contributed by atoms with Crippen LogP contribution in [-0.4, -0.2) is 44.0 Å². The van der Waals surface area contributed by atoms with Gasteiger partial charge in [0.25, 0.3) is 0 Å². The van der Waals surface area contributed by atoms with Gasteiger partial charge in [-0.15, -0.1) is 0 Å². The third kappa shape index (κ3) is 3.09. The Kier molecular flexibility index (Phi) is 3.09. The van der Waals surface area contributed by atoms with Crippen LogP contribution in [0.1, 0.15) is 20.3 Å². The van der Waals surface area contributed by atoms with Crippen LogP contribution >= 0.6 is 0 Å². The fourth-order valence-corrected chi connectivity index (χ4v) is 1.31. The smallest absolute Gasteiger partial charge is 0.163 e. The average Bonchev–Trinajstić information content (AvgIpc) is 2.26. The molecule has 3 nitrogen and oxygen atoms in total. The van der Waals surface area contributed by atoms with Gasteiger partial charge in [-0.1, -0.05) is 0 Å². The summed E-state index contributed by atoms with van der Waals surface area (Å²) in [5.41, 5.74) is 0. The summed E-state index contributed by atoms with van der Waals surface area (Å²) in [6.45, 7) is 5.72. The quantitative estimate of drug-likeness (QED) is 0.637. The molecule has 72 valence electrons. The van der Waals surface area contributed by atoms with E-state index >= 15 is 0 Å². The first kappa shape index (κ1) is 9.96. The Morgan fingerprint density at radius 3 is 2.50 bits per heavy atom. The molecule has 1 saturated heterocycles. The molecule has 3 heteroatoms. The number of rotatable bonds is 3. The van der Waals surface area contributed by atoms with Gasteiger partial charge in [0.15, 0.2) is 5.79 Å². The Morgan fingerprint density at radius 1 is 1.42 bits per heavy atom. The topological polar surface area (TPSA) is 21.7 Å². The number of ether oxygens (including phenoxy) is 2. The maximum atomic E-state index is 5.65. The number of hydrogen-bond acceptors (Lipinski definition) is 3. The Balaban J connectivity index is 2.20. The molecule has 0 aromatic carbocycles. The molecule has 0 amide bonds. The molecule has 1 atom stereocenters.